The monoisotopic (exact) mass is 317 g/mol. The van der Waals surface area contributed by atoms with E-state index in [0.29, 0.717) is 11.3 Å². The third-order valence-corrected chi connectivity index (χ3v) is 1.78. The van der Waals surface area contributed by atoms with E-state index in [-0.39, 0.29) is 51.4 Å². The molecule has 0 saturated heterocycles. The molecule has 6 nitrogen and oxygen atoms in total. The second-order valence-corrected chi connectivity index (χ2v) is 3.35. The summed E-state index contributed by atoms with van der Waals surface area (Å²) in [6, 6.07) is 17.0. The number of hydrogen-bond donors (Lipinski definition) is 5. The van der Waals surface area contributed by atoms with Crippen LogP contribution in [0.4, 0.5) is 0 Å². The second kappa shape index (κ2) is 14.2. The summed E-state index contributed by atoms with van der Waals surface area (Å²) < 4.78 is 0. The number of hydrogen-bond acceptors (Lipinski definition) is 5. The summed E-state index contributed by atoms with van der Waals surface area (Å²) in [6.07, 6.45) is 0. The molecule has 0 aromatic heterocycles. The molecule has 0 spiro atoms. The number of carboxylic acids is 1. The summed E-state index contributed by atoms with van der Waals surface area (Å²) in [5, 5.41) is 38.5. The quantitative estimate of drug-likeness (QED) is 0.484. The first-order chi connectivity index (χ1) is 9.43. The van der Waals surface area contributed by atoms with E-state index in [2.05, 4.69) is 0 Å². The molecule has 5 N–H and O–H groups in total. The standard InChI is InChI=1S/C7H6O2.C6H6O.BH3O3.K/c8-7(9)6-4-2-1-3-5-6;7-6-4-2-1-3-5-6;2-1(3)4;/h1-5H,(H,8,9);1-5,7H;2-4H;. The number of benzene rings is 2. The van der Waals surface area contributed by atoms with Crippen molar-refractivity contribution in [1.29, 1.82) is 0 Å². The summed E-state index contributed by atoms with van der Waals surface area (Å²) in [6.45, 7) is 0. The molecule has 0 aliphatic heterocycles. The maximum atomic E-state index is 10.2. The Balaban J connectivity index is 0. The van der Waals surface area contributed by atoms with Crippen molar-refractivity contribution < 1.29 is 30.1 Å². The normalized spacial score (nSPS) is 7.95. The molecule has 0 aliphatic rings. The largest absolute Gasteiger partial charge is 0.631 e. The van der Waals surface area contributed by atoms with Crippen LogP contribution in [-0.2, 0) is 0 Å². The van der Waals surface area contributed by atoms with E-state index < -0.39 is 13.3 Å². The number of aromatic carboxylic acids is 1. The predicted octanol–water partition coefficient (Wildman–Crippen LogP) is 0.344. The van der Waals surface area contributed by atoms with E-state index in [9.17, 15) is 4.79 Å². The zero-order valence-electron chi connectivity index (χ0n) is 11.5. The molecule has 0 atom stereocenters. The number of phenolic OH excluding ortho intramolecular Hbond substituents is 1. The van der Waals surface area contributed by atoms with Crippen molar-refractivity contribution >= 4 is 64.7 Å². The summed E-state index contributed by atoms with van der Waals surface area (Å²) in [7, 11) is -2.17. The van der Waals surface area contributed by atoms with Crippen LogP contribution in [-0.4, -0.2) is 90.0 Å². The van der Waals surface area contributed by atoms with Crippen molar-refractivity contribution in [3.05, 3.63) is 66.2 Å². The van der Waals surface area contributed by atoms with Crippen LogP contribution in [0.1, 0.15) is 10.4 Å². The molecule has 0 aliphatic carbocycles. The Morgan fingerprint density at radius 2 is 1.14 bits per heavy atom. The van der Waals surface area contributed by atoms with E-state index in [0.717, 1.165) is 0 Å². The zero-order chi connectivity index (χ0) is 15.4. The van der Waals surface area contributed by atoms with E-state index in [1.807, 2.05) is 6.07 Å². The van der Waals surface area contributed by atoms with E-state index in [1.54, 1.807) is 54.6 Å². The Hall–Kier alpha value is -0.709. The fourth-order valence-corrected chi connectivity index (χ4v) is 1.01. The SMILES string of the molecule is O=C(O)c1ccccc1.OB(O)O.Oc1ccccc1.[K]. The molecule has 8 heteroatoms. The third-order valence-electron chi connectivity index (χ3n) is 1.78. The van der Waals surface area contributed by atoms with Gasteiger partial charge in [0, 0.05) is 51.4 Å². The van der Waals surface area contributed by atoms with Gasteiger partial charge in [-0.2, -0.15) is 0 Å². The number of para-hydroxylation sites is 1. The molecular formula is C13H15BKO6. The first-order valence-corrected chi connectivity index (χ1v) is 5.50. The minimum Gasteiger partial charge on any atom is -0.508 e. The molecule has 0 saturated carbocycles. The molecule has 0 heterocycles. The zero-order valence-corrected chi connectivity index (χ0v) is 14.6. The average molecular weight is 317 g/mol. The van der Waals surface area contributed by atoms with Gasteiger partial charge in [-0.15, -0.1) is 0 Å². The average Bonchev–Trinajstić information content (AvgIpc) is 2.41. The molecular weight excluding hydrogens is 302 g/mol. The third kappa shape index (κ3) is 15.5. The van der Waals surface area contributed by atoms with Crippen molar-refractivity contribution in [2.45, 2.75) is 0 Å². The van der Waals surface area contributed by atoms with Crippen LogP contribution in [0, 0.1) is 0 Å². The van der Waals surface area contributed by atoms with Crippen LogP contribution >= 0.6 is 0 Å². The Morgan fingerprint density at radius 1 is 0.810 bits per heavy atom. The molecule has 1 radical (unpaired) electrons. The van der Waals surface area contributed by atoms with Gasteiger partial charge in [-0.1, -0.05) is 36.4 Å². The molecule has 21 heavy (non-hydrogen) atoms. The van der Waals surface area contributed by atoms with Gasteiger partial charge < -0.3 is 25.3 Å². The van der Waals surface area contributed by atoms with Crippen molar-refractivity contribution in [2.24, 2.45) is 0 Å². The first kappa shape index (κ1) is 22.6. The Labute approximate surface area is 165 Å². The fraction of sp³-hybridized carbons (Fsp3) is 0. The van der Waals surface area contributed by atoms with Gasteiger partial charge in [0.05, 0.1) is 5.56 Å². The maximum Gasteiger partial charge on any atom is 0.631 e. The van der Waals surface area contributed by atoms with Crippen LogP contribution in [0.15, 0.2) is 60.7 Å². The molecule has 2 aromatic carbocycles. The van der Waals surface area contributed by atoms with Gasteiger partial charge in [-0.05, 0) is 24.3 Å². The molecule has 0 amide bonds. The van der Waals surface area contributed by atoms with Crippen LogP contribution < -0.4 is 0 Å². The number of phenols is 1. The van der Waals surface area contributed by atoms with Crippen molar-refractivity contribution in [1.82, 2.24) is 0 Å². The van der Waals surface area contributed by atoms with E-state index in [1.165, 1.54) is 0 Å². The molecule has 2 aromatic rings. The molecule has 0 fully saturated rings. The Morgan fingerprint density at radius 3 is 1.33 bits per heavy atom. The molecule has 0 bridgehead atoms. The van der Waals surface area contributed by atoms with Gasteiger partial charge in [-0.25, -0.2) is 4.79 Å². The minimum absolute atomic E-state index is 0. The molecule has 107 valence electrons. The van der Waals surface area contributed by atoms with E-state index >= 15 is 0 Å². The Bertz CT molecular complexity index is 478. The van der Waals surface area contributed by atoms with Gasteiger partial charge in [-0.3, -0.25) is 0 Å². The number of rotatable bonds is 1. The summed E-state index contributed by atoms with van der Waals surface area (Å²) in [4.78, 5) is 10.2. The van der Waals surface area contributed by atoms with Gasteiger partial charge >= 0.3 is 13.3 Å². The van der Waals surface area contributed by atoms with Crippen LogP contribution in [0.2, 0.25) is 0 Å². The Kier molecular flexibility index (Phi) is 15.3. The van der Waals surface area contributed by atoms with Crippen LogP contribution in [0.5, 0.6) is 5.75 Å². The number of carboxylic acid groups (broad SMARTS) is 1. The van der Waals surface area contributed by atoms with Crippen molar-refractivity contribution in [3.63, 3.8) is 0 Å². The maximum absolute atomic E-state index is 10.2. The summed E-state index contributed by atoms with van der Waals surface area (Å²) in [5.74, 6) is -0.557. The van der Waals surface area contributed by atoms with Gasteiger partial charge in [0.1, 0.15) is 5.75 Å². The fourth-order valence-electron chi connectivity index (χ4n) is 1.01. The predicted molar refractivity (Wildman–Crippen MR) is 79.7 cm³/mol. The summed E-state index contributed by atoms with van der Waals surface area (Å²) >= 11 is 0. The van der Waals surface area contributed by atoms with Gasteiger partial charge in [0.15, 0.2) is 0 Å². The second-order valence-electron chi connectivity index (χ2n) is 3.35. The number of aromatic hydroxyl groups is 1. The van der Waals surface area contributed by atoms with E-state index in [4.69, 9.17) is 25.3 Å². The number of carbonyl (C=O) groups is 1. The van der Waals surface area contributed by atoms with Gasteiger partial charge in [0.2, 0.25) is 0 Å². The topological polar surface area (TPSA) is 118 Å². The van der Waals surface area contributed by atoms with Crippen LogP contribution in [0.25, 0.3) is 0 Å². The van der Waals surface area contributed by atoms with Crippen molar-refractivity contribution in [2.75, 3.05) is 0 Å². The molecule has 2 rings (SSSR count). The van der Waals surface area contributed by atoms with Gasteiger partial charge in [0.25, 0.3) is 0 Å². The minimum atomic E-state index is -2.17. The van der Waals surface area contributed by atoms with Crippen molar-refractivity contribution in [3.8, 4) is 5.75 Å². The summed E-state index contributed by atoms with van der Waals surface area (Å²) in [5.41, 5.74) is 0.331. The first-order valence-electron chi connectivity index (χ1n) is 5.50. The smallest absolute Gasteiger partial charge is 0.508 e. The molecule has 0 unspecified atom stereocenters. The van der Waals surface area contributed by atoms with Crippen LogP contribution in [0.3, 0.4) is 0 Å².